The number of carbonyl (C=O) groups excluding carboxylic acids is 1. The number of hydrogen-bond acceptors (Lipinski definition) is 4. The Kier molecular flexibility index (Phi) is 7.06. The zero-order valence-corrected chi connectivity index (χ0v) is 19.1. The molecule has 0 bridgehead atoms. The molecular weight excluding hydrogens is 467 g/mol. The molecule has 1 aliphatic rings. The van der Waals surface area contributed by atoms with Crippen molar-refractivity contribution in [2.45, 2.75) is 30.0 Å². The molecule has 1 unspecified atom stereocenters. The molecule has 1 saturated heterocycles. The number of nitrogens with zero attached hydrogens (tertiary/aromatic N) is 2. The number of benzene rings is 2. The first-order valence-electron chi connectivity index (χ1n) is 9.84. The van der Waals surface area contributed by atoms with E-state index in [1.165, 1.54) is 18.2 Å². The van der Waals surface area contributed by atoms with Crippen molar-refractivity contribution >= 4 is 33.2 Å². The third-order valence-electron chi connectivity index (χ3n) is 5.33. The number of likely N-dealkylation sites (N-methyl/N-ethyl adjacent to an activating group) is 1. The second-order valence-corrected chi connectivity index (χ2v) is 9.93. The van der Waals surface area contributed by atoms with Crippen LogP contribution in [0.4, 0.5) is 18.9 Å². The van der Waals surface area contributed by atoms with E-state index in [0.29, 0.717) is 19.2 Å². The Balaban J connectivity index is 1.87. The SMILES string of the molecule is CN(C)C1CCCN(C(=O)c2cc(S(=O)(=O)Nc3cccc(C(F)(F)F)c3)ccc2Cl)C1. The highest BCUT2D eigenvalue weighted by Crippen LogP contribution is 2.31. The van der Waals surface area contributed by atoms with E-state index in [9.17, 15) is 26.4 Å². The van der Waals surface area contributed by atoms with Crippen molar-refractivity contribution in [3.05, 3.63) is 58.6 Å². The number of likely N-dealkylation sites (tertiary alicyclic amines) is 1. The maximum atomic E-state index is 13.1. The van der Waals surface area contributed by atoms with E-state index < -0.39 is 27.7 Å². The van der Waals surface area contributed by atoms with Crippen LogP contribution >= 0.6 is 11.6 Å². The van der Waals surface area contributed by atoms with Crippen molar-refractivity contribution in [3.8, 4) is 0 Å². The van der Waals surface area contributed by atoms with Gasteiger partial charge in [0.1, 0.15) is 0 Å². The van der Waals surface area contributed by atoms with Gasteiger partial charge in [0.05, 0.1) is 21.0 Å². The van der Waals surface area contributed by atoms with Crippen molar-refractivity contribution in [1.82, 2.24) is 9.80 Å². The van der Waals surface area contributed by atoms with Crippen LogP contribution in [0.3, 0.4) is 0 Å². The molecule has 0 radical (unpaired) electrons. The lowest BCUT2D eigenvalue weighted by Crippen LogP contribution is -2.47. The lowest BCUT2D eigenvalue weighted by molar-refractivity contribution is -0.137. The standard InChI is InChI=1S/C21H23ClF3N3O3S/c1-27(2)16-7-4-10-28(13-16)20(29)18-12-17(8-9-19(18)22)32(30,31)26-15-6-3-5-14(11-15)21(23,24)25/h3,5-6,8-9,11-12,16,26H,4,7,10,13H2,1-2H3. The van der Waals surface area contributed by atoms with Crippen LogP contribution in [0.15, 0.2) is 47.4 Å². The number of hydrogen-bond donors (Lipinski definition) is 1. The van der Waals surface area contributed by atoms with Gasteiger partial charge < -0.3 is 9.80 Å². The van der Waals surface area contributed by atoms with E-state index in [0.717, 1.165) is 31.0 Å². The second kappa shape index (κ2) is 9.29. The summed E-state index contributed by atoms with van der Waals surface area (Å²) in [5.41, 5.74) is -1.20. The summed E-state index contributed by atoms with van der Waals surface area (Å²) in [6, 6.07) is 7.70. The number of carbonyl (C=O) groups is 1. The molecule has 1 aliphatic heterocycles. The van der Waals surface area contributed by atoms with Crippen LogP contribution in [-0.4, -0.2) is 57.4 Å². The molecule has 2 aromatic carbocycles. The van der Waals surface area contributed by atoms with Crippen LogP contribution in [0, 0.1) is 0 Å². The van der Waals surface area contributed by atoms with Crippen molar-refractivity contribution in [2.24, 2.45) is 0 Å². The molecule has 0 aromatic heterocycles. The fraction of sp³-hybridized carbons (Fsp3) is 0.381. The minimum absolute atomic E-state index is 0.0259. The van der Waals surface area contributed by atoms with Gasteiger partial charge in [0, 0.05) is 24.8 Å². The molecule has 1 fully saturated rings. The van der Waals surface area contributed by atoms with Crippen molar-refractivity contribution in [2.75, 3.05) is 31.9 Å². The van der Waals surface area contributed by atoms with E-state index in [1.54, 1.807) is 4.90 Å². The van der Waals surface area contributed by atoms with Gasteiger partial charge in [0.25, 0.3) is 15.9 Å². The third-order valence-corrected chi connectivity index (χ3v) is 7.04. The van der Waals surface area contributed by atoms with Gasteiger partial charge in [0.15, 0.2) is 0 Å². The number of rotatable bonds is 5. The van der Waals surface area contributed by atoms with Crippen LogP contribution in [0.1, 0.15) is 28.8 Å². The number of alkyl halides is 3. The molecule has 32 heavy (non-hydrogen) atoms. The Hall–Kier alpha value is -2.30. The Bertz CT molecular complexity index is 1110. The van der Waals surface area contributed by atoms with Gasteiger partial charge >= 0.3 is 6.18 Å². The van der Waals surface area contributed by atoms with Gasteiger partial charge in [-0.25, -0.2) is 8.42 Å². The first kappa shape index (κ1) is 24.3. The van der Waals surface area contributed by atoms with Crippen molar-refractivity contribution in [3.63, 3.8) is 0 Å². The average Bonchev–Trinajstić information content (AvgIpc) is 2.72. The molecule has 174 valence electrons. The quantitative estimate of drug-likeness (QED) is 0.679. The highest BCUT2D eigenvalue weighted by Gasteiger charge is 2.31. The number of piperidine rings is 1. The predicted octanol–water partition coefficient (Wildman–Crippen LogP) is 4.33. The zero-order chi connectivity index (χ0) is 23.7. The maximum absolute atomic E-state index is 13.1. The van der Waals surface area contributed by atoms with Gasteiger partial charge in [-0.2, -0.15) is 13.2 Å². The highest BCUT2D eigenvalue weighted by atomic mass is 35.5. The summed E-state index contributed by atoms with van der Waals surface area (Å²) in [6.45, 7) is 1.01. The largest absolute Gasteiger partial charge is 0.416 e. The number of halogens is 4. The summed E-state index contributed by atoms with van der Waals surface area (Å²) in [6.07, 6.45) is -2.86. The van der Waals surface area contributed by atoms with Crippen LogP contribution in [-0.2, 0) is 16.2 Å². The van der Waals surface area contributed by atoms with Gasteiger partial charge in [-0.3, -0.25) is 9.52 Å². The van der Waals surface area contributed by atoms with E-state index in [1.807, 2.05) is 19.0 Å². The lowest BCUT2D eigenvalue weighted by Gasteiger charge is -2.36. The molecule has 1 amide bonds. The fourth-order valence-corrected chi connectivity index (χ4v) is 4.81. The number of nitrogens with one attached hydrogen (secondary N) is 1. The number of amides is 1. The van der Waals surface area contributed by atoms with Crippen molar-refractivity contribution in [1.29, 1.82) is 0 Å². The summed E-state index contributed by atoms with van der Waals surface area (Å²) in [5, 5.41) is 0.0972. The Morgan fingerprint density at radius 1 is 1.19 bits per heavy atom. The summed E-state index contributed by atoms with van der Waals surface area (Å²) >= 11 is 6.19. The molecular formula is C21H23ClF3N3O3S. The Labute approximate surface area is 190 Å². The number of anilines is 1. The topological polar surface area (TPSA) is 69.7 Å². The third kappa shape index (κ3) is 5.54. The molecule has 11 heteroatoms. The highest BCUT2D eigenvalue weighted by molar-refractivity contribution is 7.92. The minimum atomic E-state index is -4.61. The molecule has 0 aliphatic carbocycles. The van der Waals surface area contributed by atoms with E-state index in [-0.39, 0.29) is 27.2 Å². The van der Waals surface area contributed by atoms with Gasteiger partial charge in [0.2, 0.25) is 0 Å². The monoisotopic (exact) mass is 489 g/mol. The molecule has 6 nitrogen and oxygen atoms in total. The van der Waals surface area contributed by atoms with Gasteiger partial charge in [-0.1, -0.05) is 17.7 Å². The first-order chi connectivity index (χ1) is 14.9. The smallest absolute Gasteiger partial charge is 0.337 e. The average molecular weight is 490 g/mol. The van der Waals surface area contributed by atoms with E-state index >= 15 is 0 Å². The molecule has 2 aromatic rings. The zero-order valence-electron chi connectivity index (χ0n) is 17.5. The molecule has 0 spiro atoms. The molecule has 0 saturated carbocycles. The fourth-order valence-electron chi connectivity index (χ4n) is 3.54. The van der Waals surface area contributed by atoms with Crippen LogP contribution < -0.4 is 4.72 Å². The second-order valence-electron chi connectivity index (χ2n) is 7.84. The summed E-state index contributed by atoms with van der Waals surface area (Å²) < 4.78 is 66.5. The lowest BCUT2D eigenvalue weighted by atomic mass is 10.0. The maximum Gasteiger partial charge on any atom is 0.416 e. The molecule has 1 N–H and O–H groups in total. The van der Waals surface area contributed by atoms with Crippen LogP contribution in [0.25, 0.3) is 0 Å². The Morgan fingerprint density at radius 3 is 2.56 bits per heavy atom. The van der Waals surface area contributed by atoms with E-state index in [2.05, 4.69) is 4.72 Å². The Morgan fingerprint density at radius 2 is 1.91 bits per heavy atom. The normalized spacial score (nSPS) is 17.5. The minimum Gasteiger partial charge on any atom is -0.337 e. The van der Waals surface area contributed by atoms with Crippen LogP contribution in [0.5, 0.6) is 0 Å². The van der Waals surface area contributed by atoms with Gasteiger partial charge in [-0.15, -0.1) is 0 Å². The summed E-state index contributed by atoms with van der Waals surface area (Å²) in [5.74, 6) is -0.391. The first-order valence-corrected chi connectivity index (χ1v) is 11.7. The predicted molar refractivity (Wildman–Crippen MR) is 116 cm³/mol. The van der Waals surface area contributed by atoms with Crippen molar-refractivity contribution < 1.29 is 26.4 Å². The summed E-state index contributed by atoms with van der Waals surface area (Å²) in [4.78, 5) is 16.4. The van der Waals surface area contributed by atoms with Crippen LogP contribution in [0.2, 0.25) is 5.02 Å². The molecule has 3 rings (SSSR count). The number of sulfonamides is 1. The van der Waals surface area contributed by atoms with Gasteiger partial charge in [-0.05, 0) is 63.3 Å². The molecule has 1 atom stereocenters. The van der Waals surface area contributed by atoms with E-state index in [4.69, 9.17) is 11.6 Å². The summed E-state index contributed by atoms with van der Waals surface area (Å²) in [7, 11) is -0.401. The molecule has 1 heterocycles.